The Balaban J connectivity index is 4.96. The molecule has 0 atom stereocenters. The lowest BCUT2D eigenvalue weighted by molar-refractivity contribution is -0.142. The van der Waals surface area contributed by atoms with Gasteiger partial charge in [0.25, 0.3) is 0 Å². The fourth-order valence-electron chi connectivity index (χ4n) is 3.11. The topological polar surface area (TPSA) is 52.6 Å². The molecule has 0 fully saturated rings. The van der Waals surface area contributed by atoms with E-state index >= 15 is 0 Å². The minimum absolute atomic E-state index is 0.329. The first kappa shape index (κ1) is 26.7. The molecule has 0 saturated heterocycles. The fourth-order valence-corrected chi connectivity index (χ4v) is 3.11. The molecule has 4 heteroatoms. The summed E-state index contributed by atoms with van der Waals surface area (Å²) in [4.78, 5) is 25.2. The van der Waals surface area contributed by atoms with Gasteiger partial charge in [-0.3, -0.25) is 0 Å². The van der Waals surface area contributed by atoms with Crippen molar-refractivity contribution >= 4 is 11.9 Å². The summed E-state index contributed by atoms with van der Waals surface area (Å²) in [5, 5.41) is 0. The Labute approximate surface area is 173 Å². The highest BCUT2D eigenvalue weighted by Gasteiger charge is 2.22. The molecular formula is C24H44O4. The predicted molar refractivity (Wildman–Crippen MR) is 116 cm³/mol. The number of esters is 2. The van der Waals surface area contributed by atoms with E-state index in [1.807, 2.05) is 13.8 Å². The van der Waals surface area contributed by atoms with Crippen LogP contribution in [0.25, 0.3) is 0 Å². The summed E-state index contributed by atoms with van der Waals surface area (Å²) in [7, 11) is 0. The van der Waals surface area contributed by atoms with Crippen LogP contribution < -0.4 is 0 Å². The molecule has 0 radical (unpaired) electrons. The second-order valence-electron chi connectivity index (χ2n) is 7.56. The van der Waals surface area contributed by atoms with Crippen molar-refractivity contribution in [1.82, 2.24) is 0 Å². The minimum atomic E-state index is -0.335. The summed E-state index contributed by atoms with van der Waals surface area (Å²) in [5.41, 5.74) is 1.09. The molecule has 0 N–H and O–H groups in total. The molecule has 0 saturated carbocycles. The van der Waals surface area contributed by atoms with Crippen molar-refractivity contribution in [3.05, 3.63) is 11.1 Å². The second kappa shape index (κ2) is 19.0. The summed E-state index contributed by atoms with van der Waals surface area (Å²) >= 11 is 0. The largest absolute Gasteiger partial charge is 0.462 e. The van der Waals surface area contributed by atoms with Gasteiger partial charge in [0.05, 0.1) is 13.2 Å². The molecule has 0 heterocycles. The lowest BCUT2D eigenvalue weighted by atomic mass is 9.97. The van der Waals surface area contributed by atoms with Gasteiger partial charge in [-0.15, -0.1) is 0 Å². The van der Waals surface area contributed by atoms with Crippen LogP contribution in [0.2, 0.25) is 0 Å². The van der Waals surface area contributed by atoms with Crippen molar-refractivity contribution in [2.75, 3.05) is 13.2 Å². The van der Waals surface area contributed by atoms with E-state index in [9.17, 15) is 9.59 Å². The summed E-state index contributed by atoms with van der Waals surface area (Å²) in [5.74, 6) is -0.664. The Morgan fingerprint density at radius 1 is 0.500 bits per heavy atom. The van der Waals surface area contributed by atoms with E-state index in [1.165, 1.54) is 38.5 Å². The van der Waals surface area contributed by atoms with Crippen molar-refractivity contribution in [3.63, 3.8) is 0 Å². The Kier molecular flexibility index (Phi) is 18.1. The van der Waals surface area contributed by atoms with Gasteiger partial charge in [-0.2, -0.15) is 0 Å². The summed E-state index contributed by atoms with van der Waals surface area (Å²) < 4.78 is 10.8. The molecule has 0 aromatic carbocycles. The Hall–Kier alpha value is -1.32. The first-order chi connectivity index (χ1) is 13.6. The number of hydrogen-bond acceptors (Lipinski definition) is 4. The molecular weight excluding hydrogens is 352 g/mol. The van der Waals surface area contributed by atoms with Gasteiger partial charge in [0.1, 0.15) is 0 Å². The smallest absolute Gasteiger partial charge is 0.334 e. The first-order valence-electron chi connectivity index (χ1n) is 11.7. The summed E-state index contributed by atoms with van der Waals surface area (Å²) in [6.07, 6.45) is 14.2. The normalized spacial score (nSPS) is 11.9. The van der Waals surface area contributed by atoms with Crippen molar-refractivity contribution in [2.45, 2.75) is 118 Å². The van der Waals surface area contributed by atoms with Crippen LogP contribution in [-0.2, 0) is 19.1 Å². The van der Waals surface area contributed by atoms with Gasteiger partial charge in [-0.1, -0.05) is 79.1 Å². The van der Waals surface area contributed by atoms with E-state index in [-0.39, 0.29) is 11.9 Å². The Morgan fingerprint density at radius 2 is 0.893 bits per heavy atom. The molecule has 0 aromatic heterocycles. The van der Waals surface area contributed by atoms with Crippen LogP contribution in [0, 0.1) is 0 Å². The molecule has 0 rings (SSSR count). The van der Waals surface area contributed by atoms with Crippen LogP contribution in [0.15, 0.2) is 11.1 Å². The van der Waals surface area contributed by atoms with E-state index in [1.54, 1.807) is 0 Å². The van der Waals surface area contributed by atoms with Gasteiger partial charge in [0, 0.05) is 11.1 Å². The number of rotatable bonds is 18. The van der Waals surface area contributed by atoms with E-state index in [0.29, 0.717) is 37.2 Å². The van der Waals surface area contributed by atoms with Crippen molar-refractivity contribution in [2.24, 2.45) is 0 Å². The van der Waals surface area contributed by atoms with E-state index < -0.39 is 0 Å². The third-order valence-electron chi connectivity index (χ3n) is 4.79. The van der Waals surface area contributed by atoms with Gasteiger partial charge in [0.15, 0.2) is 0 Å². The Morgan fingerprint density at radius 3 is 1.32 bits per heavy atom. The standard InChI is InChI=1S/C24H44O4/c1-5-9-11-12-13-14-15-16-18-22(24(26)28-20-8-4)21(17-10-6-2)23(25)27-19-7-3/h5-20H2,1-4H3. The van der Waals surface area contributed by atoms with Gasteiger partial charge >= 0.3 is 11.9 Å². The maximum Gasteiger partial charge on any atom is 0.334 e. The van der Waals surface area contributed by atoms with Gasteiger partial charge in [-0.05, 0) is 38.5 Å². The van der Waals surface area contributed by atoms with Gasteiger partial charge in [0.2, 0.25) is 0 Å². The van der Waals surface area contributed by atoms with Crippen molar-refractivity contribution < 1.29 is 19.1 Å². The molecule has 0 aromatic rings. The molecule has 0 amide bonds. The predicted octanol–water partition coefficient (Wildman–Crippen LogP) is 6.91. The maximum absolute atomic E-state index is 12.6. The zero-order valence-corrected chi connectivity index (χ0v) is 18.9. The Bertz CT molecular complexity index is 440. The highest BCUT2D eigenvalue weighted by atomic mass is 16.5. The quantitative estimate of drug-likeness (QED) is 0.143. The molecule has 0 unspecified atom stereocenters. The number of hydrogen-bond donors (Lipinski definition) is 0. The summed E-state index contributed by atoms with van der Waals surface area (Å²) in [6, 6.07) is 0. The van der Waals surface area contributed by atoms with E-state index in [0.717, 1.165) is 38.5 Å². The molecule has 0 spiro atoms. The molecule has 4 nitrogen and oxygen atoms in total. The van der Waals surface area contributed by atoms with Crippen molar-refractivity contribution in [3.8, 4) is 0 Å². The molecule has 28 heavy (non-hydrogen) atoms. The maximum atomic E-state index is 12.6. The highest BCUT2D eigenvalue weighted by molar-refractivity contribution is 6.00. The van der Waals surface area contributed by atoms with Gasteiger partial charge < -0.3 is 9.47 Å². The van der Waals surface area contributed by atoms with Crippen LogP contribution in [0.4, 0.5) is 0 Å². The molecule has 164 valence electrons. The SMILES string of the molecule is CCCCCCCCCCC(C(=O)OCCC)=C(CCCC)C(=O)OCCC. The molecule has 0 aliphatic heterocycles. The van der Waals surface area contributed by atoms with Crippen LogP contribution >= 0.6 is 0 Å². The molecule has 0 aliphatic carbocycles. The van der Waals surface area contributed by atoms with Gasteiger partial charge in [-0.25, -0.2) is 9.59 Å². The van der Waals surface area contributed by atoms with E-state index in [4.69, 9.17) is 9.47 Å². The lowest BCUT2D eigenvalue weighted by Crippen LogP contribution is -2.18. The van der Waals surface area contributed by atoms with Crippen LogP contribution in [-0.4, -0.2) is 25.2 Å². The average molecular weight is 397 g/mol. The molecule has 0 aliphatic rings. The second-order valence-corrected chi connectivity index (χ2v) is 7.56. The average Bonchev–Trinajstić information content (AvgIpc) is 2.70. The number of ether oxygens (including phenoxy) is 2. The number of carbonyl (C=O) groups excluding carboxylic acids is 2. The van der Waals surface area contributed by atoms with Crippen LogP contribution in [0.5, 0.6) is 0 Å². The zero-order valence-electron chi connectivity index (χ0n) is 18.9. The summed E-state index contributed by atoms with van der Waals surface area (Å²) in [6.45, 7) is 9.05. The number of carbonyl (C=O) groups is 2. The first-order valence-corrected chi connectivity index (χ1v) is 11.7. The van der Waals surface area contributed by atoms with Crippen LogP contribution in [0.1, 0.15) is 118 Å². The lowest BCUT2D eigenvalue weighted by Gasteiger charge is -2.14. The minimum Gasteiger partial charge on any atom is -0.462 e. The van der Waals surface area contributed by atoms with E-state index in [2.05, 4.69) is 13.8 Å². The number of unbranched alkanes of at least 4 members (excludes halogenated alkanes) is 8. The molecule has 0 bridgehead atoms. The zero-order chi connectivity index (χ0) is 21.0. The third kappa shape index (κ3) is 13.0. The monoisotopic (exact) mass is 396 g/mol. The van der Waals surface area contributed by atoms with Crippen LogP contribution in [0.3, 0.4) is 0 Å². The third-order valence-corrected chi connectivity index (χ3v) is 4.79. The van der Waals surface area contributed by atoms with Crippen molar-refractivity contribution in [1.29, 1.82) is 0 Å². The fraction of sp³-hybridized carbons (Fsp3) is 0.833. The highest BCUT2D eigenvalue weighted by Crippen LogP contribution is 2.22.